The third-order valence-electron chi connectivity index (χ3n) is 2.42. The number of nitrogens with one attached hydrogen (secondary N) is 2. The van der Waals surface area contributed by atoms with Gasteiger partial charge in [-0.1, -0.05) is 35.0 Å². The predicted octanol–water partition coefficient (Wildman–Crippen LogP) is 2.92. The van der Waals surface area contributed by atoms with E-state index in [1.807, 2.05) is 0 Å². The Morgan fingerprint density at radius 2 is 2.15 bits per heavy atom. The molecule has 0 aliphatic rings. The van der Waals surface area contributed by atoms with E-state index in [-0.39, 0.29) is 12.5 Å². The molecule has 0 radical (unpaired) electrons. The van der Waals surface area contributed by atoms with Crippen LogP contribution in [0.3, 0.4) is 0 Å². The second kappa shape index (κ2) is 6.49. The van der Waals surface area contributed by atoms with Gasteiger partial charge >= 0.3 is 0 Å². The van der Waals surface area contributed by atoms with Crippen LogP contribution in [0, 0.1) is 11.8 Å². The highest BCUT2D eigenvalue weighted by molar-refractivity contribution is 6.34. The number of halogens is 2. The number of anilines is 1. The first-order valence-corrected chi connectivity index (χ1v) is 6.40. The fourth-order valence-corrected chi connectivity index (χ4v) is 1.86. The number of benzene rings is 1. The normalized spacial score (nSPS) is 9.75. The Kier molecular flexibility index (Phi) is 4.70. The van der Waals surface area contributed by atoms with E-state index in [2.05, 4.69) is 22.1 Å². The molecule has 1 aromatic heterocycles. The van der Waals surface area contributed by atoms with Gasteiger partial charge in [0.05, 0.1) is 15.7 Å². The zero-order chi connectivity index (χ0) is 14.5. The molecular weight excluding hydrogens is 299 g/mol. The van der Waals surface area contributed by atoms with Gasteiger partial charge in [0, 0.05) is 11.8 Å². The van der Waals surface area contributed by atoms with E-state index in [9.17, 15) is 4.79 Å². The van der Waals surface area contributed by atoms with Crippen molar-refractivity contribution in [3.63, 3.8) is 0 Å². The smallest absolute Gasteiger partial charge is 0.272 e. The lowest BCUT2D eigenvalue weighted by molar-refractivity contribution is 0.102. The van der Waals surface area contributed by atoms with E-state index in [1.54, 1.807) is 18.2 Å². The van der Waals surface area contributed by atoms with E-state index >= 15 is 0 Å². The van der Waals surface area contributed by atoms with Gasteiger partial charge in [-0.3, -0.25) is 4.79 Å². The summed E-state index contributed by atoms with van der Waals surface area (Å²) >= 11 is 11.8. The number of hydrogen-bond acceptors (Lipinski definition) is 2. The van der Waals surface area contributed by atoms with Gasteiger partial charge in [-0.2, -0.15) is 0 Å². The van der Waals surface area contributed by atoms with Gasteiger partial charge in [0.25, 0.3) is 5.91 Å². The van der Waals surface area contributed by atoms with Gasteiger partial charge in [0.2, 0.25) is 0 Å². The molecule has 0 saturated heterocycles. The van der Waals surface area contributed by atoms with Crippen LogP contribution in [-0.2, 0) is 0 Å². The van der Waals surface area contributed by atoms with Crippen LogP contribution in [-0.4, -0.2) is 22.6 Å². The lowest BCUT2D eigenvalue weighted by atomic mass is 10.2. The molecule has 2 rings (SSSR count). The summed E-state index contributed by atoms with van der Waals surface area (Å²) in [6.07, 6.45) is 1.52. The molecule has 0 unspecified atom stereocenters. The molecule has 1 amide bonds. The van der Waals surface area contributed by atoms with E-state index < -0.39 is 0 Å². The summed E-state index contributed by atoms with van der Waals surface area (Å²) in [5.41, 5.74) is 1.41. The molecule has 0 saturated carbocycles. The number of hydrogen-bond donors (Lipinski definition) is 3. The molecule has 20 heavy (non-hydrogen) atoms. The monoisotopic (exact) mass is 308 g/mol. The molecule has 0 atom stereocenters. The Morgan fingerprint density at radius 1 is 1.35 bits per heavy atom. The third kappa shape index (κ3) is 3.55. The van der Waals surface area contributed by atoms with E-state index in [1.165, 1.54) is 12.3 Å². The number of carbonyl (C=O) groups excluding carboxylic acids is 1. The number of amides is 1. The number of aliphatic hydroxyl groups is 1. The number of aliphatic hydroxyl groups excluding tert-OH is 1. The highest BCUT2D eigenvalue weighted by Gasteiger charge is 2.10. The van der Waals surface area contributed by atoms with E-state index in [4.69, 9.17) is 28.3 Å². The predicted molar refractivity (Wildman–Crippen MR) is 79.2 cm³/mol. The van der Waals surface area contributed by atoms with Crippen molar-refractivity contribution in [3.8, 4) is 11.8 Å². The summed E-state index contributed by atoms with van der Waals surface area (Å²) < 4.78 is 0. The maximum absolute atomic E-state index is 12.0. The van der Waals surface area contributed by atoms with Crippen LogP contribution in [0.15, 0.2) is 30.5 Å². The van der Waals surface area contributed by atoms with Gasteiger partial charge in [-0.25, -0.2) is 0 Å². The number of aromatic nitrogens is 1. The Balaban J connectivity index is 2.22. The van der Waals surface area contributed by atoms with Crippen molar-refractivity contribution in [1.82, 2.24) is 4.98 Å². The van der Waals surface area contributed by atoms with Crippen LogP contribution < -0.4 is 5.32 Å². The highest BCUT2D eigenvalue weighted by atomic mass is 35.5. The molecule has 3 N–H and O–H groups in total. The fraction of sp³-hybridized carbons (Fsp3) is 0.0714. The summed E-state index contributed by atoms with van der Waals surface area (Å²) in [5.74, 6) is 4.91. The molecule has 0 bridgehead atoms. The molecule has 2 aromatic rings. The van der Waals surface area contributed by atoms with Crippen molar-refractivity contribution >= 4 is 34.8 Å². The van der Waals surface area contributed by atoms with Gasteiger partial charge < -0.3 is 15.4 Å². The van der Waals surface area contributed by atoms with Crippen LogP contribution in [0.5, 0.6) is 0 Å². The zero-order valence-corrected chi connectivity index (χ0v) is 11.7. The topological polar surface area (TPSA) is 65.1 Å². The van der Waals surface area contributed by atoms with Crippen LogP contribution in [0.4, 0.5) is 5.69 Å². The molecular formula is C14H10Cl2N2O2. The van der Waals surface area contributed by atoms with Crippen molar-refractivity contribution in [3.05, 3.63) is 51.8 Å². The summed E-state index contributed by atoms with van der Waals surface area (Å²) in [6.45, 7) is -0.231. The van der Waals surface area contributed by atoms with Gasteiger partial charge in [-0.15, -0.1) is 0 Å². The molecule has 4 nitrogen and oxygen atoms in total. The number of rotatable bonds is 2. The molecule has 0 spiro atoms. The summed E-state index contributed by atoms with van der Waals surface area (Å²) in [7, 11) is 0. The first-order valence-electron chi connectivity index (χ1n) is 5.64. The molecule has 1 aromatic carbocycles. The van der Waals surface area contributed by atoms with Crippen molar-refractivity contribution in [2.75, 3.05) is 11.9 Å². The summed E-state index contributed by atoms with van der Waals surface area (Å²) in [6, 6.07) is 6.47. The molecule has 1 heterocycles. The Morgan fingerprint density at radius 3 is 2.80 bits per heavy atom. The minimum atomic E-state index is -0.355. The standard InChI is InChI=1S/C14H10Cl2N2O2/c15-10-7-13(17-8-10)14(20)18-12-6-9(2-1-5-19)3-4-11(12)16/h3-4,6-8,17,19H,5H2,(H,18,20). The van der Waals surface area contributed by atoms with Gasteiger partial charge in [-0.05, 0) is 24.3 Å². The first-order chi connectivity index (χ1) is 9.60. The van der Waals surface area contributed by atoms with Crippen molar-refractivity contribution in [2.24, 2.45) is 0 Å². The Bertz CT molecular complexity index is 699. The van der Waals surface area contributed by atoms with Crippen LogP contribution in [0.1, 0.15) is 16.1 Å². The maximum Gasteiger partial charge on any atom is 0.272 e. The van der Waals surface area contributed by atoms with Gasteiger partial charge in [0.15, 0.2) is 0 Å². The first kappa shape index (κ1) is 14.5. The molecule has 0 fully saturated rings. The van der Waals surface area contributed by atoms with Crippen molar-refractivity contribution in [1.29, 1.82) is 0 Å². The van der Waals surface area contributed by atoms with Crippen LogP contribution >= 0.6 is 23.2 Å². The van der Waals surface area contributed by atoms with Crippen molar-refractivity contribution < 1.29 is 9.90 Å². The minimum absolute atomic E-state index is 0.231. The maximum atomic E-state index is 12.0. The molecule has 0 aliphatic heterocycles. The molecule has 102 valence electrons. The van der Waals surface area contributed by atoms with E-state index in [0.29, 0.717) is 27.0 Å². The average molecular weight is 309 g/mol. The number of aromatic amines is 1. The van der Waals surface area contributed by atoms with Crippen molar-refractivity contribution in [2.45, 2.75) is 0 Å². The van der Waals surface area contributed by atoms with E-state index in [0.717, 1.165) is 0 Å². The Hall–Kier alpha value is -1.93. The lowest BCUT2D eigenvalue weighted by Gasteiger charge is -2.06. The van der Waals surface area contributed by atoms with Crippen LogP contribution in [0.2, 0.25) is 10.0 Å². The summed E-state index contributed by atoms with van der Waals surface area (Å²) in [5, 5.41) is 12.2. The largest absolute Gasteiger partial charge is 0.384 e. The molecule has 0 aliphatic carbocycles. The SMILES string of the molecule is O=C(Nc1cc(C#CCO)ccc1Cl)c1cc(Cl)c[nH]1. The number of carbonyl (C=O) groups is 1. The lowest BCUT2D eigenvalue weighted by Crippen LogP contribution is -2.12. The number of H-pyrrole nitrogens is 1. The minimum Gasteiger partial charge on any atom is -0.384 e. The average Bonchev–Trinajstić information content (AvgIpc) is 2.86. The molecule has 6 heteroatoms. The summed E-state index contributed by atoms with van der Waals surface area (Å²) in [4.78, 5) is 14.7. The second-order valence-electron chi connectivity index (χ2n) is 3.84. The quantitative estimate of drug-likeness (QED) is 0.747. The third-order valence-corrected chi connectivity index (χ3v) is 2.97. The zero-order valence-electron chi connectivity index (χ0n) is 10.2. The van der Waals surface area contributed by atoms with Crippen LogP contribution in [0.25, 0.3) is 0 Å². The fourth-order valence-electron chi connectivity index (χ4n) is 1.53. The Labute approximate surface area is 125 Å². The highest BCUT2D eigenvalue weighted by Crippen LogP contribution is 2.23. The van der Waals surface area contributed by atoms with Gasteiger partial charge in [0.1, 0.15) is 12.3 Å². The second-order valence-corrected chi connectivity index (χ2v) is 4.68.